The SMILES string of the molecule is CCNC(=NCCSC)N(C)Cc1ccc(Cl)cc1.I. The molecule has 0 saturated heterocycles. The minimum atomic E-state index is 0. The Morgan fingerprint density at radius 3 is 2.55 bits per heavy atom. The van der Waals surface area contributed by atoms with Gasteiger partial charge < -0.3 is 10.2 Å². The van der Waals surface area contributed by atoms with Crippen molar-refractivity contribution < 1.29 is 0 Å². The summed E-state index contributed by atoms with van der Waals surface area (Å²) < 4.78 is 0. The smallest absolute Gasteiger partial charge is 0.193 e. The number of aliphatic imine (C=N–C) groups is 1. The second-order valence-electron chi connectivity index (χ2n) is 4.21. The number of nitrogens with zero attached hydrogens (tertiary/aromatic N) is 2. The summed E-state index contributed by atoms with van der Waals surface area (Å²) in [7, 11) is 2.05. The van der Waals surface area contributed by atoms with E-state index in [4.69, 9.17) is 11.6 Å². The van der Waals surface area contributed by atoms with Crippen LogP contribution in [-0.4, -0.2) is 43.0 Å². The lowest BCUT2D eigenvalue weighted by Gasteiger charge is -2.22. The summed E-state index contributed by atoms with van der Waals surface area (Å²) in [6.45, 7) is 4.63. The Labute approximate surface area is 148 Å². The molecule has 0 bridgehead atoms. The Kier molecular flexibility index (Phi) is 11.4. The van der Waals surface area contributed by atoms with Gasteiger partial charge in [0.2, 0.25) is 0 Å². The van der Waals surface area contributed by atoms with Gasteiger partial charge in [0.25, 0.3) is 0 Å². The van der Waals surface area contributed by atoms with Crippen LogP contribution in [0.2, 0.25) is 5.02 Å². The second kappa shape index (κ2) is 11.5. The van der Waals surface area contributed by atoms with E-state index >= 15 is 0 Å². The molecule has 0 aliphatic rings. The Bertz CT molecular complexity index is 398. The normalized spacial score (nSPS) is 10.9. The molecule has 0 unspecified atom stereocenters. The zero-order valence-electron chi connectivity index (χ0n) is 12.2. The highest BCUT2D eigenvalue weighted by molar-refractivity contribution is 14.0. The van der Waals surface area contributed by atoms with Crippen LogP contribution in [-0.2, 0) is 6.54 Å². The van der Waals surface area contributed by atoms with Crippen molar-refractivity contribution in [2.75, 3.05) is 32.1 Å². The molecule has 3 nitrogen and oxygen atoms in total. The van der Waals surface area contributed by atoms with Crippen LogP contribution in [0.25, 0.3) is 0 Å². The molecular weight excluding hydrogens is 405 g/mol. The highest BCUT2D eigenvalue weighted by atomic mass is 127. The zero-order chi connectivity index (χ0) is 14.1. The first-order valence-corrected chi connectivity index (χ1v) is 8.17. The molecule has 0 fully saturated rings. The lowest BCUT2D eigenvalue weighted by Crippen LogP contribution is -2.38. The highest BCUT2D eigenvalue weighted by Crippen LogP contribution is 2.11. The van der Waals surface area contributed by atoms with Crippen molar-refractivity contribution in [3.63, 3.8) is 0 Å². The maximum absolute atomic E-state index is 5.89. The largest absolute Gasteiger partial charge is 0.357 e. The van der Waals surface area contributed by atoms with E-state index in [1.54, 1.807) is 0 Å². The quantitative estimate of drug-likeness (QED) is 0.324. The number of hydrogen-bond acceptors (Lipinski definition) is 2. The fourth-order valence-electron chi connectivity index (χ4n) is 1.65. The fraction of sp³-hybridized carbons (Fsp3) is 0.500. The van der Waals surface area contributed by atoms with E-state index in [0.717, 1.165) is 36.4 Å². The van der Waals surface area contributed by atoms with Gasteiger partial charge in [-0.25, -0.2) is 0 Å². The number of halogens is 2. The topological polar surface area (TPSA) is 27.6 Å². The lowest BCUT2D eigenvalue weighted by atomic mass is 10.2. The molecule has 1 aromatic carbocycles. The molecule has 0 radical (unpaired) electrons. The van der Waals surface area contributed by atoms with Crippen molar-refractivity contribution in [1.82, 2.24) is 10.2 Å². The van der Waals surface area contributed by atoms with E-state index in [2.05, 4.69) is 35.4 Å². The molecule has 20 heavy (non-hydrogen) atoms. The van der Waals surface area contributed by atoms with Crippen LogP contribution in [0.3, 0.4) is 0 Å². The van der Waals surface area contributed by atoms with E-state index < -0.39 is 0 Å². The standard InChI is InChI=1S/C14H22ClN3S.HI/c1-4-16-14(17-9-10-19-3)18(2)11-12-5-7-13(15)8-6-12;/h5-8H,4,9-11H2,1-3H3,(H,16,17);1H. The third kappa shape index (κ3) is 7.59. The first-order chi connectivity index (χ1) is 9.17. The van der Waals surface area contributed by atoms with Crippen molar-refractivity contribution in [3.8, 4) is 0 Å². The zero-order valence-corrected chi connectivity index (χ0v) is 16.1. The average Bonchev–Trinajstić information content (AvgIpc) is 2.40. The first kappa shape index (κ1) is 19.9. The van der Waals surface area contributed by atoms with E-state index in [-0.39, 0.29) is 24.0 Å². The predicted octanol–water partition coefficient (Wildman–Crippen LogP) is 3.72. The number of rotatable bonds is 6. The van der Waals surface area contributed by atoms with Gasteiger partial charge in [-0.1, -0.05) is 23.7 Å². The third-order valence-corrected chi connectivity index (χ3v) is 3.43. The minimum absolute atomic E-state index is 0. The van der Waals surface area contributed by atoms with Crippen molar-refractivity contribution in [2.24, 2.45) is 4.99 Å². The van der Waals surface area contributed by atoms with Crippen molar-refractivity contribution in [3.05, 3.63) is 34.9 Å². The first-order valence-electron chi connectivity index (χ1n) is 6.40. The Balaban J connectivity index is 0.00000361. The second-order valence-corrected chi connectivity index (χ2v) is 5.63. The minimum Gasteiger partial charge on any atom is -0.357 e. The molecule has 0 saturated carbocycles. The van der Waals surface area contributed by atoms with Crippen LogP contribution in [0, 0.1) is 0 Å². The number of guanidine groups is 1. The van der Waals surface area contributed by atoms with Gasteiger partial charge in [0, 0.05) is 30.9 Å². The van der Waals surface area contributed by atoms with Crippen molar-refractivity contribution in [1.29, 1.82) is 0 Å². The van der Waals surface area contributed by atoms with Crippen molar-refractivity contribution in [2.45, 2.75) is 13.5 Å². The number of benzene rings is 1. The lowest BCUT2D eigenvalue weighted by molar-refractivity contribution is 0.477. The van der Waals surface area contributed by atoms with E-state index in [9.17, 15) is 0 Å². The van der Waals surface area contributed by atoms with Gasteiger partial charge in [0.1, 0.15) is 0 Å². The Morgan fingerprint density at radius 2 is 2.00 bits per heavy atom. The maximum Gasteiger partial charge on any atom is 0.193 e. The molecule has 0 aliphatic carbocycles. The summed E-state index contributed by atoms with van der Waals surface area (Å²) >= 11 is 7.70. The molecule has 1 rings (SSSR count). The van der Waals surface area contributed by atoms with Gasteiger partial charge >= 0.3 is 0 Å². The van der Waals surface area contributed by atoms with Gasteiger partial charge in [-0.2, -0.15) is 11.8 Å². The molecule has 0 spiro atoms. The molecule has 1 N–H and O–H groups in total. The highest BCUT2D eigenvalue weighted by Gasteiger charge is 2.06. The van der Waals surface area contributed by atoms with Crippen LogP contribution in [0.15, 0.2) is 29.3 Å². The Hall–Kier alpha value is -0.140. The average molecular weight is 428 g/mol. The Morgan fingerprint density at radius 1 is 1.35 bits per heavy atom. The molecule has 0 heterocycles. The number of hydrogen-bond donors (Lipinski definition) is 1. The summed E-state index contributed by atoms with van der Waals surface area (Å²) in [5.41, 5.74) is 1.22. The molecule has 6 heteroatoms. The van der Waals surface area contributed by atoms with Crippen LogP contribution in [0.5, 0.6) is 0 Å². The maximum atomic E-state index is 5.89. The van der Waals surface area contributed by atoms with Gasteiger partial charge in [-0.3, -0.25) is 4.99 Å². The van der Waals surface area contributed by atoms with Gasteiger partial charge in [-0.15, -0.1) is 24.0 Å². The summed E-state index contributed by atoms with van der Waals surface area (Å²) in [4.78, 5) is 6.73. The van der Waals surface area contributed by atoms with Gasteiger partial charge in [0.05, 0.1) is 6.54 Å². The fourth-order valence-corrected chi connectivity index (χ4v) is 2.05. The molecular formula is C14H23ClIN3S. The summed E-state index contributed by atoms with van der Waals surface area (Å²) in [6.07, 6.45) is 2.10. The van der Waals surface area contributed by atoms with Gasteiger partial charge in [0.15, 0.2) is 5.96 Å². The van der Waals surface area contributed by atoms with Crippen molar-refractivity contribution >= 4 is 53.3 Å². The molecule has 1 aromatic rings. The van der Waals surface area contributed by atoms with Crippen LogP contribution >= 0.6 is 47.3 Å². The summed E-state index contributed by atoms with van der Waals surface area (Å²) in [5.74, 6) is 2.00. The summed E-state index contributed by atoms with van der Waals surface area (Å²) in [6, 6.07) is 7.93. The van der Waals surface area contributed by atoms with Crippen LogP contribution in [0.1, 0.15) is 12.5 Å². The van der Waals surface area contributed by atoms with Gasteiger partial charge in [-0.05, 0) is 30.9 Å². The molecule has 0 aliphatic heterocycles. The molecule has 114 valence electrons. The van der Waals surface area contributed by atoms with E-state index in [1.807, 2.05) is 36.0 Å². The monoisotopic (exact) mass is 427 g/mol. The summed E-state index contributed by atoms with van der Waals surface area (Å²) in [5, 5.41) is 4.08. The van der Waals surface area contributed by atoms with Crippen LogP contribution in [0.4, 0.5) is 0 Å². The third-order valence-electron chi connectivity index (χ3n) is 2.59. The number of nitrogens with one attached hydrogen (secondary N) is 1. The molecule has 0 aromatic heterocycles. The number of thioether (sulfide) groups is 1. The molecule has 0 atom stereocenters. The van der Waals surface area contributed by atoms with Crippen LogP contribution < -0.4 is 5.32 Å². The molecule has 0 amide bonds. The van der Waals surface area contributed by atoms with E-state index in [1.165, 1.54) is 5.56 Å². The predicted molar refractivity (Wildman–Crippen MR) is 103 cm³/mol. The van der Waals surface area contributed by atoms with E-state index in [0.29, 0.717) is 0 Å².